The molecule has 5 aromatic rings. The van der Waals surface area contributed by atoms with Gasteiger partial charge in [0.15, 0.2) is 0 Å². The number of methoxy groups -OCH3 is 2. The summed E-state index contributed by atoms with van der Waals surface area (Å²) in [6.45, 7) is 0. The zero-order chi connectivity index (χ0) is 29.0. The molecule has 2 nitrogen and oxygen atoms in total. The minimum Gasteiger partial charge on any atom is -0.495 e. The minimum atomic E-state index is 0.819. The number of ether oxygens (including phenoxy) is 2. The van der Waals surface area contributed by atoms with Crippen LogP contribution in [0.5, 0.6) is 11.5 Å². The standard InChI is InChI=1S/C40H34O2/c1-41-39-29-35(23-27-37(39)25-21-31-9-5-3-6-10-31)19-17-33-13-15-34(16-14-33)18-20-36-24-28-38(40(30-36)42-2)26-22-32-11-7-4-8-12-32/h3-16,23-24,27-30H,17-20H2,1-2H3. The van der Waals surface area contributed by atoms with Gasteiger partial charge in [-0.15, -0.1) is 0 Å². The Balaban J connectivity index is 1.15. The second kappa shape index (κ2) is 14.5. The average Bonchev–Trinajstić information content (AvgIpc) is 3.06. The highest BCUT2D eigenvalue weighted by molar-refractivity contribution is 5.52. The minimum absolute atomic E-state index is 0.819. The zero-order valence-electron chi connectivity index (χ0n) is 24.2. The largest absolute Gasteiger partial charge is 0.495 e. The van der Waals surface area contributed by atoms with Gasteiger partial charge in [-0.2, -0.15) is 0 Å². The predicted molar refractivity (Wildman–Crippen MR) is 172 cm³/mol. The van der Waals surface area contributed by atoms with Gasteiger partial charge in [-0.05, 0) is 96.5 Å². The molecule has 5 rings (SSSR count). The fraction of sp³-hybridized carbons (Fsp3) is 0.150. The Morgan fingerprint density at radius 3 is 1.14 bits per heavy atom. The molecule has 0 atom stereocenters. The van der Waals surface area contributed by atoms with E-state index in [4.69, 9.17) is 9.47 Å². The lowest BCUT2D eigenvalue weighted by molar-refractivity contribution is 0.413. The molecule has 0 aliphatic carbocycles. The molecule has 2 heteroatoms. The van der Waals surface area contributed by atoms with Crippen molar-refractivity contribution in [2.24, 2.45) is 0 Å². The van der Waals surface area contributed by atoms with Crippen LogP contribution < -0.4 is 9.47 Å². The molecule has 0 saturated carbocycles. The first-order valence-electron chi connectivity index (χ1n) is 14.3. The topological polar surface area (TPSA) is 18.5 Å². The lowest BCUT2D eigenvalue weighted by atomic mass is 9.99. The molecule has 0 unspecified atom stereocenters. The van der Waals surface area contributed by atoms with Crippen LogP contribution in [0.25, 0.3) is 0 Å². The van der Waals surface area contributed by atoms with Crippen LogP contribution in [0.4, 0.5) is 0 Å². The van der Waals surface area contributed by atoms with Crippen LogP contribution in [0.2, 0.25) is 0 Å². The van der Waals surface area contributed by atoms with Crippen LogP contribution in [0.3, 0.4) is 0 Å². The number of rotatable bonds is 8. The first kappa shape index (κ1) is 28.4. The highest BCUT2D eigenvalue weighted by atomic mass is 16.5. The molecular weight excluding hydrogens is 512 g/mol. The summed E-state index contributed by atoms with van der Waals surface area (Å²) in [7, 11) is 3.41. The average molecular weight is 547 g/mol. The molecule has 206 valence electrons. The van der Waals surface area contributed by atoms with E-state index in [9.17, 15) is 0 Å². The van der Waals surface area contributed by atoms with Crippen LogP contribution in [0.15, 0.2) is 121 Å². The summed E-state index contributed by atoms with van der Waals surface area (Å²) in [6.07, 6.45) is 3.84. The normalized spacial score (nSPS) is 10.1. The third kappa shape index (κ3) is 7.94. The SMILES string of the molecule is COc1cc(CCc2ccc(CCc3ccc(C#Cc4ccccc4)c(OC)c3)cc2)ccc1C#Cc1ccccc1. The Labute approximate surface area is 250 Å². The second-order valence-corrected chi connectivity index (χ2v) is 10.1. The highest BCUT2D eigenvalue weighted by Gasteiger charge is 2.06. The molecule has 42 heavy (non-hydrogen) atoms. The van der Waals surface area contributed by atoms with Crippen LogP contribution in [-0.2, 0) is 25.7 Å². The molecule has 0 saturated heterocycles. The van der Waals surface area contributed by atoms with Gasteiger partial charge < -0.3 is 9.47 Å². The molecule has 0 heterocycles. The zero-order valence-corrected chi connectivity index (χ0v) is 24.2. The third-order valence-corrected chi connectivity index (χ3v) is 7.19. The lowest BCUT2D eigenvalue weighted by Crippen LogP contribution is -1.96. The van der Waals surface area contributed by atoms with E-state index in [2.05, 4.69) is 84.3 Å². The molecule has 0 bridgehead atoms. The van der Waals surface area contributed by atoms with E-state index in [1.807, 2.05) is 60.7 Å². The van der Waals surface area contributed by atoms with Gasteiger partial charge in [-0.3, -0.25) is 0 Å². The Morgan fingerprint density at radius 1 is 0.405 bits per heavy atom. The lowest BCUT2D eigenvalue weighted by Gasteiger charge is -2.09. The van der Waals surface area contributed by atoms with Gasteiger partial charge in [0.25, 0.3) is 0 Å². The first-order chi connectivity index (χ1) is 20.7. The fourth-order valence-corrected chi connectivity index (χ4v) is 4.76. The number of hydrogen-bond acceptors (Lipinski definition) is 2. The van der Waals surface area contributed by atoms with E-state index in [1.165, 1.54) is 22.3 Å². The monoisotopic (exact) mass is 546 g/mol. The molecule has 0 aromatic heterocycles. The van der Waals surface area contributed by atoms with Crippen molar-refractivity contribution in [2.75, 3.05) is 14.2 Å². The second-order valence-electron chi connectivity index (χ2n) is 10.1. The van der Waals surface area contributed by atoms with Crippen LogP contribution in [-0.4, -0.2) is 14.2 Å². The summed E-state index contributed by atoms with van der Waals surface area (Å²) < 4.78 is 11.3. The smallest absolute Gasteiger partial charge is 0.134 e. The van der Waals surface area contributed by atoms with Crippen molar-refractivity contribution in [3.05, 3.63) is 166 Å². The highest BCUT2D eigenvalue weighted by Crippen LogP contribution is 2.22. The maximum Gasteiger partial charge on any atom is 0.134 e. The van der Waals surface area contributed by atoms with Crippen LogP contribution >= 0.6 is 0 Å². The Hall–Kier alpha value is -5.18. The van der Waals surface area contributed by atoms with Gasteiger partial charge in [0.2, 0.25) is 0 Å². The van der Waals surface area contributed by atoms with Gasteiger partial charge >= 0.3 is 0 Å². The van der Waals surface area contributed by atoms with E-state index in [0.717, 1.165) is 59.4 Å². The molecule has 0 spiro atoms. The molecule has 0 radical (unpaired) electrons. The third-order valence-electron chi connectivity index (χ3n) is 7.19. The molecular formula is C40H34O2. The van der Waals surface area contributed by atoms with Crippen LogP contribution in [0, 0.1) is 23.7 Å². The van der Waals surface area contributed by atoms with E-state index in [0.29, 0.717) is 0 Å². The van der Waals surface area contributed by atoms with Crippen molar-refractivity contribution >= 4 is 0 Å². The molecule has 0 fully saturated rings. The van der Waals surface area contributed by atoms with Gasteiger partial charge in [-0.25, -0.2) is 0 Å². The molecule has 5 aromatic carbocycles. The number of hydrogen-bond donors (Lipinski definition) is 0. The molecule has 0 aliphatic rings. The molecule has 0 aliphatic heterocycles. The fourth-order valence-electron chi connectivity index (χ4n) is 4.76. The van der Waals surface area contributed by atoms with E-state index < -0.39 is 0 Å². The predicted octanol–water partition coefficient (Wildman–Crippen LogP) is 8.07. The Bertz CT molecular complexity index is 1600. The number of aryl methyl sites for hydroxylation is 4. The summed E-state index contributed by atoms with van der Waals surface area (Å²) >= 11 is 0. The molecule has 0 amide bonds. The summed E-state index contributed by atoms with van der Waals surface area (Å²) in [4.78, 5) is 0. The Morgan fingerprint density at radius 2 is 0.762 bits per heavy atom. The van der Waals surface area contributed by atoms with Crippen molar-refractivity contribution in [3.63, 3.8) is 0 Å². The summed E-state index contributed by atoms with van der Waals surface area (Å²) in [5.74, 6) is 14.6. The first-order valence-corrected chi connectivity index (χ1v) is 14.3. The maximum atomic E-state index is 5.64. The van der Waals surface area contributed by atoms with E-state index in [-0.39, 0.29) is 0 Å². The van der Waals surface area contributed by atoms with Gasteiger partial charge in [0.05, 0.1) is 25.3 Å². The van der Waals surface area contributed by atoms with E-state index in [1.54, 1.807) is 14.2 Å². The summed E-state index contributed by atoms with van der Waals surface area (Å²) in [5, 5.41) is 0. The quantitative estimate of drug-likeness (QED) is 0.183. The summed E-state index contributed by atoms with van der Waals surface area (Å²) in [5.41, 5.74) is 8.94. The van der Waals surface area contributed by atoms with Crippen molar-refractivity contribution < 1.29 is 9.47 Å². The maximum absolute atomic E-state index is 5.64. The van der Waals surface area contributed by atoms with Gasteiger partial charge in [0, 0.05) is 11.1 Å². The Kier molecular flexibility index (Phi) is 9.76. The van der Waals surface area contributed by atoms with Crippen molar-refractivity contribution in [1.29, 1.82) is 0 Å². The number of benzene rings is 5. The van der Waals surface area contributed by atoms with Crippen molar-refractivity contribution in [2.45, 2.75) is 25.7 Å². The summed E-state index contributed by atoms with van der Waals surface area (Å²) in [6, 6.07) is 41.6. The van der Waals surface area contributed by atoms with Crippen LogP contribution in [0.1, 0.15) is 44.5 Å². The molecule has 0 N–H and O–H groups in total. The van der Waals surface area contributed by atoms with Crippen molar-refractivity contribution in [1.82, 2.24) is 0 Å². The van der Waals surface area contributed by atoms with E-state index >= 15 is 0 Å². The van der Waals surface area contributed by atoms with Gasteiger partial charge in [0.1, 0.15) is 11.5 Å². The van der Waals surface area contributed by atoms with Crippen molar-refractivity contribution in [3.8, 4) is 35.2 Å². The van der Waals surface area contributed by atoms with Gasteiger partial charge in [-0.1, -0.05) is 96.5 Å².